The molecule has 0 aliphatic carbocycles. The molecule has 1 aromatic heterocycles. The average Bonchev–Trinajstić information content (AvgIpc) is 2.86. The lowest BCUT2D eigenvalue weighted by Gasteiger charge is -2.09. The van der Waals surface area contributed by atoms with Gasteiger partial charge >= 0.3 is 0 Å². The van der Waals surface area contributed by atoms with Gasteiger partial charge in [-0.05, 0) is 53.6 Å². The van der Waals surface area contributed by atoms with Crippen molar-refractivity contribution in [1.82, 2.24) is 10.2 Å². The summed E-state index contributed by atoms with van der Waals surface area (Å²) in [6, 6.07) is 4.14. The van der Waals surface area contributed by atoms with Gasteiger partial charge in [0.05, 0.1) is 16.8 Å². The van der Waals surface area contributed by atoms with E-state index in [9.17, 15) is 9.50 Å². The number of aromatic amines is 1. The highest BCUT2D eigenvalue weighted by molar-refractivity contribution is 14.1. The van der Waals surface area contributed by atoms with E-state index in [-0.39, 0.29) is 12.4 Å². The molecule has 0 atom stereocenters. The summed E-state index contributed by atoms with van der Waals surface area (Å²) in [7, 11) is 1.71. The molecular formula is C15H17FIN3O2. The fourth-order valence-electron chi connectivity index (χ4n) is 2.00. The molecule has 0 unspecified atom stereocenters. The molecule has 0 aliphatic rings. The molecule has 0 radical (unpaired) electrons. The fourth-order valence-corrected chi connectivity index (χ4v) is 2.65. The smallest absolute Gasteiger partial charge is 0.125 e. The molecule has 0 fully saturated rings. The van der Waals surface area contributed by atoms with Gasteiger partial charge in [0, 0.05) is 24.5 Å². The van der Waals surface area contributed by atoms with Crippen LogP contribution in [0, 0.1) is 9.39 Å². The molecule has 1 aromatic carbocycles. The molecule has 0 aliphatic heterocycles. The van der Waals surface area contributed by atoms with E-state index in [1.54, 1.807) is 13.3 Å². The minimum atomic E-state index is -0.381. The third-order valence-corrected chi connectivity index (χ3v) is 4.28. The molecule has 22 heavy (non-hydrogen) atoms. The Hall–Kier alpha value is -1.48. The Labute approximate surface area is 141 Å². The Morgan fingerprint density at radius 2 is 2.32 bits per heavy atom. The normalized spacial score (nSPS) is 11.3. The van der Waals surface area contributed by atoms with E-state index in [4.69, 9.17) is 4.74 Å². The summed E-state index contributed by atoms with van der Waals surface area (Å²) in [5, 5.41) is 16.4. The molecule has 2 N–H and O–H groups in total. The number of nitrogens with one attached hydrogen (secondary N) is 1. The van der Waals surface area contributed by atoms with Crippen molar-refractivity contribution in [2.24, 2.45) is 4.99 Å². The minimum Gasteiger partial charge on any atom is -0.493 e. The first-order valence-electron chi connectivity index (χ1n) is 6.82. The number of aliphatic imine (C=N–C) groups is 1. The van der Waals surface area contributed by atoms with E-state index in [2.05, 4.69) is 37.8 Å². The summed E-state index contributed by atoms with van der Waals surface area (Å²) < 4.78 is 19.7. The van der Waals surface area contributed by atoms with Crippen LogP contribution in [0.2, 0.25) is 0 Å². The quantitative estimate of drug-likeness (QED) is 0.414. The summed E-state index contributed by atoms with van der Waals surface area (Å²) in [6.07, 6.45) is 3.28. The summed E-state index contributed by atoms with van der Waals surface area (Å²) in [5.41, 5.74) is 2.33. The number of hydrogen-bond acceptors (Lipinski definition) is 4. The van der Waals surface area contributed by atoms with Crippen molar-refractivity contribution in [1.29, 1.82) is 0 Å². The maximum absolute atomic E-state index is 13.1. The number of rotatable bonds is 7. The van der Waals surface area contributed by atoms with Crippen molar-refractivity contribution in [2.75, 3.05) is 13.7 Å². The maximum Gasteiger partial charge on any atom is 0.125 e. The number of hydrogen-bond donors (Lipinski definition) is 2. The van der Waals surface area contributed by atoms with Gasteiger partial charge in [0.25, 0.3) is 0 Å². The molecule has 0 amide bonds. The molecule has 118 valence electrons. The minimum absolute atomic E-state index is 0.245. The Morgan fingerprint density at radius 1 is 1.50 bits per heavy atom. The zero-order valence-corrected chi connectivity index (χ0v) is 14.3. The molecule has 0 saturated heterocycles. The van der Waals surface area contributed by atoms with Gasteiger partial charge < -0.3 is 9.84 Å². The number of aliphatic hydroxyl groups is 1. The number of aromatic nitrogens is 2. The van der Waals surface area contributed by atoms with Gasteiger partial charge in [0.1, 0.15) is 17.3 Å². The third-order valence-electron chi connectivity index (χ3n) is 3.07. The Morgan fingerprint density at radius 3 is 3.05 bits per heavy atom. The van der Waals surface area contributed by atoms with E-state index in [1.165, 1.54) is 18.2 Å². The van der Waals surface area contributed by atoms with Crippen molar-refractivity contribution < 1.29 is 14.2 Å². The first kappa shape index (κ1) is 16.9. The van der Waals surface area contributed by atoms with Gasteiger partial charge in [-0.3, -0.25) is 10.1 Å². The fraction of sp³-hybridized carbons (Fsp3) is 0.333. The van der Waals surface area contributed by atoms with Crippen molar-refractivity contribution in [2.45, 2.75) is 19.4 Å². The SMILES string of the molecule is CN=Cc1n[nH]c(CCCOc2ccc(F)cc2CO)c1I. The van der Waals surface area contributed by atoms with Crippen LogP contribution in [0.3, 0.4) is 0 Å². The second-order valence-electron chi connectivity index (χ2n) is 4.65. The number of ether oxygens (including phenoxy) is 1. The van der Waals surface area contributed by atoms with Crippen LogP contribution in [-0.2, 0) is 13.0 Å². The van der Waals surface area contributed by atoms with Crippen molar-refractivity contribution in [3.63, 3.8) is 0 Å². The first-order chi connectivity index (χ1) is 10.7. The topological polar surface area (TPSA) is 70.5 Å². The van der Waals surface area contributed by atoms with Gasteiger partial charge in [0.15, 0.2) is 0 Å². The third kappa shape index (κ3) is 4.26. The first-order valence-corrected chi connectivity index (χ1v) is 7.90. The van der Waals surface area contributed by atoms with Gasteiger partial charge in [-0.15, -0.1) is 0 Å². The number of aryl methyl sites for hydroxylation is 1. The van der Waals surface area contributed by atoms with Crippen LogP contribution in [0.25, 0.3) is 0 Å². The monoisotopic (exact) mass is 417 g/mol. The van der Waals surface area contributed by atoms with E-state index < -0.39 is 0 Å². The number of aliphatic hydroxyl groups excluding tert-OH is 1. The van der Waals surface area contributed by atoms with Gasteiger partial charge in [-0.25, -0.2) is 4.39 Å². The second-order valence-corrected chi connectivity index (χ2v) is 5.73. The van der Waals surface area contributed by atoms with Crippen LogP contribution < -0.4 is 4.74 Å². The highest BCUT2D eigenvalue weighted by Gasteiger charge is 2.09. The van der Waals surface area contributed by atoms with Crippen LogP contribution in [0.1, 0.15) is 23.4 Å². The van der Waals surface area contributed by atoms with E-state index in [0.29, 0.717) is 17.9 Å². The molecule has 5 nitrogen and oxygen atoms in total. The van der Waals surface area contributed by atoms with Crippen molar-refractivity contribution >= 4 is 28.8 Å². The van der Waals surface area contributed by atoms with Crippen molar-refractivity contribution in [3.8, 4) is 5.75 Å². The zero-order valence-electron chi connectivity index (χ0n) is 12.1. The number of benzene rings is 1. The predicted molar refractivity (Wildman–Crippen MR) is 91.0 cm³/mol. The van der Waals surface area contributed by atoms with E-state index in [1.807, 2.05) is 0 Å². The average molecular weight is 417 g/mol. The largest absolute Gasteiger partial charge is 0.493 e. The van der Waals surface area contributed by atoms with Crippen LogP contribution in [0.4, 0.5) is 4.39 Å². The Bertz CT molecular complexity index is 658. The highest BCUT2D eigenvalue weighted by Crippen LogP contribution is 2.20. The Balaban J connectivity index is 1.87. The number of nitrogens with zero attached hydrogens (tertiary/aromatic N) is 2. The lowest BCUT2D eigenvalue weighted by Crippen LogP contribution is -2.03. The zero-order chi connectivity index (χ0) is 15.9. The van der Waals surface area contributed by atoms with E-state index >= 15 is 0 Å². The van der Waals surface area contributed by atoms with Gasteiger partial charge in [-0.2, -0.15) is 5.10 Å². The number of halogens is 2. The molecule has 7 heteroatoms. The number of H-pyrrole nitrogens is 1. The van der Waals surface area contributed by atoms with Crippen molar-refractivity contribution in [3.05, 3.63) is 44.5 Å². The molecule has 2 rings (SSSR count). The lowest BCUT2D eigenvalue weighted by atomic mass is 10.2. The maximum atomic E-state index is 13.1. The van der Waals surface area contributed by atoms with E-state index in [0.717, 1.165) is 27.8 Å². The predicted octanol–water partition coefficient (Wildman–Crippen LogP) is 2.71. The van der Waals surface area contributed by atoms with Crippen LogP contribution in [0.15, 0.2) is 23.2 Å². The van der Waals surface area contributed by atoms with Gasteiger partial charge in [-0.1, -0.05) is 0 Å². The standard InChI is InChI=1S/C15H17FIN3O2/c1-18-8-13-15(17)12(19-20-13)3-2-6-22-14-5-4-11(16)7-10(14)9-21/h4-5,7-8,21H,2-3,6,9H2,1H3,(H,19,20). The summed E-state index contributed by atoms with van der Waals surface area (Å²) in [5.74, 6) is 0.135. The molecule has 0 saturated carbocycles. The molecule has 0 bridgehead atoms. The summed E-state index contributed by atoms with van der Waals surface area (Å²) >= 11 is 2.24. The van der Waals surface area contributed by atoms with Gasteiger partial charge in [0.2, 0.25) is 0 Å². The summed E-state index contributed by atoms with van der Waals surface area (Å²) in [6.45, 7) is 0.232. The van der Waals surface area contributed by atoms with Crippen LogP contribution >= 0.6 is 22.6 Å². The molecular weight excluding hydrogens is 400 g/mol. The van der Waals surface area contributed by atoms with Crippen LogP contribution in [-0.4, -0.2) is 35.2 Å². The molecule has 1 heterocycles. The molecule has 2 aromatic rings. The lowest BCUT2D eigenvalue weighted by molar-refractivity contribution is 0.260. The Kier molecular flexibility index (Phi) is 6.32. The molecule has 0 spiro atoms. The highest BCUT2D eigenvalue weighted by atomic mass is 127. The second kappa shape index (κ2) is 8.23. The summed E-state index contributed by atoms with van der Waals surface area (Å²) in [4.78, 5) is 3.95. The van der Waals surface area contributed by atoms with Crippen LogP contribution in [0.5, 0.6) is 5.75 Å².